The standard InChI is InChI=1S/C20H23N3O4S/c1-13-12-22(20(25)21-3)19-11-16(7-10-18(19)23(13)14(2)24)15-5-8-17(9-6-15)28(4,26)27/h5-11,13H,12H2,1-4H3,(H,21,25). The van der Waals surface area contributed by atoms with Crippen LogP contribution < -0.4 is 15.1 Å². The average Bonchev–Trinajstić information content (AvgIpc) is 2.65. The smallest absolute Gasteiger partial charge is 0.321 e. The lowest BCUT2D eigenvalue weighted by molar-refractivity contribution is -0.117. The van der Waals surface area contributed by atoms with Crippen molar-refractivity contribution in [3.63, 3.8) is 0 Å². The Balaban J connectivity index is 2.10. The Kier molecular flexibility index (Phi) is 5.16. The molecule has 7 nitrogen and oxygen atoms in total. The zero-order valence-electron chi connectivity index (χ0n) is 16.3. The maximum absolute atomic E-state index is 12.4. The number of hydrogen-bond donors (Lipinski definition) is 1. The van der Waals surface area contributed by atoms with Crippen LogP contribution in [0.2, 0.25) is 0 Å². The predicted molar refractivity (Wildman–Crippen MR) is 109 cm³/mol. The van der Waals surface area contributed by atoms with E-state index in [4.69, 9.17) is 0 Å². The van der Waals surface area contributed by atoms with Gasteiger partial charge in [0, 0.05) is 26.8 Å². The van der Waals surface area contributed by atoms with Gasteiger partial charge >= 0.3 is 6.03 Å². The quantitative estimate of drug-likeness (QED) is 0.838. The first kappa shape index (κ1) is 19.9. The summed E-state index contributed by atoms with van der Waals surface area (Å²) in [6, 6.07) is 11.7. The second-order valence-corrected chi connectivity index (χ2v) is 8.92. The number of sulfone groups is 1. The summed E-state index contributed by atoms with van der Waals surface area (Å²) < 4.78 is 23.3. The number of hydrogen-bond acceptors (Lipinski definition) is 4. The topological polar surface area (TPSA) is 86.8 Å². The van der Waals surface area contributed by atoms with E-state index < -0.39 is 9.84 Å². The Morgan fingerprint density at radius 1 is 1.04 bits per heavy atom. The summed E-state index contributed by atoms with van der Waals surface area (Å²) in [5.74, 6) is -0.0874. The number of carbonyl (C=O) groups is 2. The third-order valence-corrected chi connectivity index (χ3v) is 5.96. The highest BCUT2D eigenvalue weighted by molar-refractivity contribution is 7.90. The van der Waals surface area contributed by atoms with Gasteiger partial charge in [0.15, 0.2) is 9.84 Å². The van der Waals surface area contributed by atoms with E-state index in [-0.39, 0.29) is 22.9 Å². The zero-order valence-corrected chi connectivity index (χ0v) is 17.1. The van der Waals surface area contributed by atoms with Gasteiger partial charge in [0.25, 0.3) is 0 Å². The van der Waals surface area contributed by atoms with E-state index in [2.05, 4.69) is 5.32 Å². The maximum Gasteiger partial charge on any atom is 0.321 e. The molecule has 3 amide bonds. The van der Waals surface area contributed by atoms with E-state index in [1.165, 1.54) is 13.2 Å². The summed E-state index contributed by atoms with van der Waals surface area (Å²) in [5, 5.41) is 2.64. The first-order valence-corrected chi connectivity index (χ1v) is 10.8. The van der Waals surface area contributed by atoms with Gasteiger partial charge in [-0.15, -0.1) is 0 Å². The fraction of sp³-hybridized carbons (Fsp3) is 0.300. The molecule has 1 atom stereocenters. The van der Waals surface area contributed by atoms with Crippen LogP contribution >= 0.6 is 0 Å². The number of anilines is 2. The zero-order chi connectivity index (χ0) is 20.6. The van der Waals surface area contributed by atoms with Crippen LogP contribution in [0.15, 0.2) is 47.4 Å². The molecule has 3 rings (SSSR count). The summed E-state index contributed by atoms with van der Waals surface area (Å²) in [6.45, 7) is 3.79. The Hall–Kier alpha value is -2.87. The van der Waals surface area contributed by atoms with E-state index >= 15 is 0 Å². The number of nitrogens with one attached hydrogen (secondary N) is 1. The number of rotatable bonds is 2. The largest absolute Gasteiger partial charge is 0.341 e. The van der Waals surface area contributed by atoms with E-state index in [0.717, 1.165) is 11.1 Å². The first-order valence-electron chi connectivity index (χ1n) is 8.87. The Morgan fingerprint density at radius 3 is 2.18 bits per heavy atom. The maximum atomic E-state index is 12.4. The van der Waals surface area contributed by atoms with Crippen molar-refractivity contribution in [2.75, 3.05) is 29.6 Å². The van der Waals surface area contributed by atoms with Gasteiger partial charge in [-0.05, 0) is 42.3 Å². The molecule has 0 spiro atoms. The van der Waals surface area contributed by atoms with Gasteiger partial charge in [-0.3, -0.25) is 9.69 Å². The summed E-state index contributed by atoms with van der Waals surface area (Å²) in [7, 11) is -1.70. The molecule has 0 aromatic heterocycles. The van der Waals surface area contributed by atoms with Gasteiger partial charge in [-0.1, -0.05) is 18.2 Å². The highest BCUT2D eigenvalue weighted by atomic mass is 32.2. The fourth-order valence-corrected chi connectivity index (χ4v) is 4.14. The minimum Gasteiger partial charge on any atom is -0.341 e. The highest BCUT2D eigenvalue weighted by Gasteiger charge is 2.33. The minimum atomic E-state index is -3.27. The van der Waals surface area contributed by atoms with Crippen LogP contribution in [0.5, 0.6) is 0 Å². The molecule has 0 bridgehead atoms. The molecule has 0 saturated heterocycles. The van der Waals surface area contributed by atoms with Crippen LogP contribution in [0, 0.1) is 0 Å². The van der Waals surface area contributed by atoms with Crippen molar-refractivity contribution in [2.24, 2.45) is 0 Å². The molecule has 2 aromatic carbocycles. The van der Waals surface area contributed by atoms with E-state index in [1.54, 1.807) is 41.1 Å². The van der Waals surface area contributed by atoms with Crippen LogP contribution in [-0.4, -0.2) is 46.2 Å². The van der Waals surface area contributed by atoms with E-state index in [0.29, 0.717) is 17.9 Å². The lowest BCUT2D eigenvalue weighted by atomic mass is 10.0. The van der Waals surface area contributed by atoms with E-state index in [9.17, 15) is 18.0 Å². The van der Waals surface area contributed by atoms with Crippen molar-refractivity contribution in [2.45, 2.75) is 24.8 Å². The van der Waals surface area contributed by atoms with Gasteiger partial charge in [0.05, 0.1) is 22.3 Å². The van der Waals surface area contributed by atoms with E-state index in [1.807, 2.05) is 25.1 Å². The van der Waals surface area contributed by atoms with Gasteiger partial charge in [0.1, 0.15) is 0 Å². The van der Waals surface area contributed by atoms with Crippen molar-refractivity contribution in [3.8, 4) is 11.1 Å². The molecule has 8 heteroatoms. The van der Waals surface area contributed by atoms with Crippen molar-refractivity contribution >= 4 is 33.2 Å². The highest BCUT2D eigenvalue weighted by Crippen LogP contribution is 2.39. The molecule has 0 radical (unpaired) electrons. The number of benzene rings is 2. The monoisotopic (exact) mass is 401 g/mol. The summed E-state index contributed by atoms with van der Waals surface area (Å²) in [6.07, 6.45) is 1.17. The fourth-order valence-electron chi connectivity index (χ4n) is 3.51. The van der Waals surface area contributed by atoms with Gasteiger partial charge < -0.3 is 10.2 Å². The third-order valence-electron chi connectivity index (χ3n) is 4.83. The lowest BCUT2D eigenvalue weighted by Gasteiger charge is -2.40. The van der Waals surface area contributed by atoms with Crippen molar-refractivity contribution in [1.82, 2.24) is 5.32 Å². The number of amides is 3. The second kappa shape index (κ2) is 7.27. The minimum absolute atomic E-state index is 0.0874. The normalized spacial score (nSPS) is 16.5. The van der Waals surface area contributed by atoms with Gasteiger partial charge in [-0.25, -0.2) is 13.2 Å². The molecule has 0 saturated carbocycles. The van der Waals surface area contributed by atoms with Crippen LogP contribution in [0.25, 0.3) is 11.1 Å². The first-order chi connectivity index (χ1) is 13.1. The number of carbonyl (C=O) groups excluding carboxylic acids is 2. The van der Waals surface area contributed by atoms with Gasteiger partial charge in [-0.2, -0.15) is 0 Å². The average molecular weight is 401 g/mol. The third kappa shape index (κ3) is 3.60. The predicted octanol–water partition coefficient (Wildman–Crippen LogP) is 2.66. The Morgan fingerprint density at radius 2 is 1.64 bits per heavy atom. The second-order valence-electron chi connectivity index (χ2n) is 6.90. The molecular formula is C20H23N3O4S. The molecule has 1 aliphatic heterocycles. The van der Waals surface area contributed by atoms with Crippen LogP contribution in [0.3, 0.4) is 0 Å². The lowest BCUT2D eigenvalue weighted by Crippen LogP contribution is -2.53. The molecule has 0 aliphatic carbocycles. The molecule has 1 N–H and O–H groups in total. The molecule has 1 heterocycles. The molecule has 0 fully saturated rings. The van der Waals surface area contributed by atoms with Crippen LogP contribution in [0.1, 0.15) is 13.8 Å². The molecular weight excluding hydrogens is 378 g/mol. The molecule has 28 heavy (non-hydrogen) atoms. The van der Waals surface area contributed by atoms with Crippen molar-refractivity contribution in [3.05, 3.63) is 42.5 Å². The summed E-state index contributed by atoms with van der Waals surface area (Å²) in [4.78, 5) is 28.1. The Bertz CT molecular complexity index is 1030. The SMILES string of the molecule is CNC(=O)N1CC(C)N(C(C)=O)c2ccc(-c3ccc(S(C)(=O)=O)cc3)cc21. The Labute approximate surface area is 164 Å². The molecule has 1 aliphatic rings. The van der Waals surface area contributed by atoms with Crippen LogP contribution in [-0.2, 0) is 14.6 Å². The van der Waals surface area contributed by atoms with Crippen molar-refractivity contribution in [1.29, 1.82) is 0 Å². The molecule has 2 aromatic rings. The van der Waals surface area contributed by atoms with Crippen LogP contribution in [0.4, 0.5) is 16.2 Å². The van der Waals surface area contributed by atoms with Gasteiger partial charge in [0.2, 0.25) is 5.91 Å². The number of nitrogens with zero attached hydrogens (tertiary/aromatic N) is 2. The van der Waals surface area contributed by atoms with Crippen molar-refractivity contribution < 1.29 is 18.0 Å². The number of urea groups is 1. The number of fused-ring (bicyclic) bond motifs is 1. The molecule has 148 valence electrons. The summed E-state index contributed by atoms with van der Waals surface area (Å²) >= 11 is 0. The summed E-state index contributed by atoms with van der Waals surface area (Å²) in [5.41, 5.74) is 2.95. The molecule has 1 unspecified atom stereocenters.